The van der Waals surface area contributed by atoms with E-state index >= 15 is 0 Å². The average molecular weight is 238 g/mol. The quantitative estimate of drug-likeness (QED) is 0.428. The molecule has 0 aromatic heterocycles. The van der Waals surface area contributed by atoms with Crippen molar-refractivity contribution in [3.05, 3.63) is 23.4 Å². The highest BCUT2D eigenvalue weighted by Gasteiger charge is 2.28. The summed E-state index contributed by atoms with van der Waals surface area (Å²) in [6.45, 7) is 10.8. The molecule has 1 unspecified atom stereocenters. The number of carbonyl (C=O) groups is 1. The first-order valence-electron chi connectivity index (χ1n) is 5.84. The third kappa shape index (κ3) is 3.34. The van der Waals surface area contributed by atoms with Gasteiger partial charge in [-0.3, -0.25) is 0 Å². The minimum absolute atomic E-state index is 0.235. The minimum atomic E-state index is -1.21. The van der Waals surface area contributed by atoms with Crippen LogP contribution in [0.2, 0.25) is 19.6 Å². The maximum Gasteiger partial charge on any atom is 0.333 e. The summed E-state index contributed by atoms with van der Waals surface area (Å²) in [5, 5.41) is 0. The molecule has 0 aliphatic heterocycles. The number of hydrogen-bond donors (Lipinski definition) is 0. The molecule has 1 saturated carbocycles. The zero-order chi connectivity index (χ0) is 12.3. The number of esters is 1. The Balaban J connectivity index is 2.85. The number of rotatable bonds is 3. The fourth-order valence-electron chi connectivity index (χ4n) is 2.27. The standard InChI is InChI=1S/C13H22O2Si/c1-10(13(14)15-2)12-8-6-7-11(12)9-16(3,4)5/h9,12H,1,6-8H2,2-5H3/b11-9+. The zero-order valence-corrected chi connectivity index (χ0v) is 11.8. The van der Waals surface area contributed by atoms with Crippen LogP contribution in [0.5, 0.6) is 0 Å². The van der Waals surface area contributed by atoms with Gasteiger partial charge in [0.05, 0.1) is 15.2 Å². The Bertz CT molecular complexity index is 323. The first-order chi connectivity index (χ1) is 7.35. The van der Waals surface area contributed by atoms with Crippen molar-refractivity contribution in [3.63, 3.8) is 0 Å². The summed E-state index contributed by atoms with van der Waals surface area (Å²) in [5.41, 5.74) is 4.46. The molecule has 1 fully saturated rings. The average Bonchev–Trinajstić information content (AvgIpc) is 2.60. The SMILES string of the molecule is C=C(C(=O)OC)C1CCC/C1=C\[Si](C)(C)C. The molecule has 0 saturated heterocycles. The van der Waals surface area contributed by atoms with E-state index < -0.39 is 8.07 Å². The predicted octanol–water partition coefficient (Wildman–Crippen LogP) is 3.32. The molecule has 2 nitrogen and oxygen atoms in total. The molecule has 3 heteroatoms. The Kier molecular flexibility index (Phi) is 4.13. The van der Waals surface area contributed by atoms with Crippen molar-refractivity contribution in [2.24, 2.45) is 5.92 Å². The van der Waals surface area contributed by atoms with Gasteiger partial charge in [0.15, 0.2) is 0 Å². The summed E-state index contributed by atoms with van der Waals surface area (Å²) in [4.78, 5) is 11.5. The molecule has 16 heavy (non-hydrogen) atoms. The van der Waals surface area contributed by atoms with Gasteiger partial charge in [-0.05, 0) is 19.3 Å². The van der Waals surface area contributed by atoms with Crippen LogP contribution in [0.1, 0.15) is 19.3 Å². The smallest absolute Gasteiger partial charge is 0.333 e. The molecule has 0 N–H and O–H groups in total. The van der Waals surface area contributed by atoms with Gasteiger partial charge < -0.3 is 4.74 Å². The highest BCUT2D eigenvalue weighted by molar-refractivity contribution is 6.81. The van der Waals surface area contributed by atoms with Crippen LogP contribution in [0.4, 0.5) is 0 Å². The van der Waals surface area contributed by atoms with E-state index in [-0.39, 0.29) is 11.9 Å². The van der Waals surface area contributed by atoms with Crippen molar-refractivity contribution in [1.29, 1.82) is 0 Å². The Morgan fingerprint density at radius 3 is 2.62 bits per heavy atom. The van der Waals surface area contributed by atoms with Crippen LogP contribution in [0.15, 0.2) is 23.4 Å². The van der Waals surface area contributed by atoms with Gasteiger partial charge in [0.2, 0.25) is 0 Å². The van der Waals surface area contributed by atoms with E-state index in [2.05, 4.69) is 31.9 Å². The summed E-state index contributed by atoms with van der Waals surface area (Å²) in [5.74, 6) is -0.0208. The van der Waals surface area contributed by atoms with E-state index in [9.17, 15) is 4.79 Å². The van der Waals surface area contributed by atoms with E-state index in [4.69, 9.17) is 4.74 Å². The second kappa shape index (κ2) is 5.00. The molecule has 1 aliphatic rings. The third-order valence-corrected chi connectivity index (χ3v) is 4.13. The normalized spacial score (nSPS) is 23.5. The molecule has 1 rings (SSSR count). The summed E-state index contributed by atoms with van der Waals surface area (Å²) in [7, 11) is 0.211. The zero-order valence-electron chi connectivity index (χ0n) is 10.8. The van der Waals surface area contributed by atoms with Crippen molar-refractivity contribution in [2.45, 2.75) is 38.9 Å². The van der Waals surface area contributed by atoms with Crippen LogP contribution in [-0.4, -0.2) is 21.2 Å². The molecular formula is C13H22O2Si. The van der Waals surface area contributed by atoms with Crippen molar-refractivity contribution >= 4 is 14.0 Å². The van der Waals surface area contributed by atoms with Gasteiger partial charge in [0.25, 0.3) is 0 Å². The molecule has 0 aromatic carbocycles. The lowest BCUT2D eigenvalue weighted by Gasteiger charge is -2.17. The molecule has 90 valence electrons. The van der Waals surface area contributed by atoms with Crippen LogP contribution in [0, 0.1) is 5.92 Å². The fraction of sp³-hybridized carbons (Fsp3) is 0.615. The molecule has 0 amide bonds. The monoisotopic (exact) mass is 238 g/mol. The van der Waals surface area contributed by atoms with E-state index in [0.29, 0.717) is 5.57 Å². The van der Waals surface area contributed by atoms with Crippen LogP contribution < -0.4 is 0 Å². The molecule has 0 heterocycles. The Morgan fingerprint density at radius 1 is 1.50 bits per heavy atom. The molecule has 0 spiro atoms. The van der Waals surface area contributed by atoms with Gasteiger partial charge in [-0.2, -0.15) is 0 Å². The highest BCUT2D eigenvalue weighted by Crippen LogP contribution is 2.37. The topological polar surface area (TPSA) is 26.3 Å². The maximum atomic E-state index is 11.5. The molecule has 0 radical (unpaired) electrons. The number of hydrogen-bond acceptors (Lipinski definition) is 2. The molecule has 1 atom stereocenters. The van der Waals surface area contributed by atoms with Crippen LogP contribution in [-0.2, 0) is 9.53 Å². The van der Waals surface area contributed by atoms with Crippen molar-refractivity contribution in [2.75, 3.05) is 7.11 Å². The van der Waals surface area contributed by atoms with Gasteiger partial charge in [-0.25, -0.2) is 4.79 Å². The number of allylic oxidation sites excluding steroid dienone is 1. The van der Waals surface area contributed by atoms with Crippen LogP contribution >= 0.6 is 0 Å². The van der Waals surface area contributed by atoms with Gasteiger partial charge in [0.1, 0.15) is 0 Å². The minimum Gasteiger partial charge on any atom is -0.466 e. The van der Waals surface area contributed by atoms with Gasteiger partial charge in [0, 0.05) is 11.5 Å². The Labute approximate surface area is 99.4 Å². The summed E-state index contributed by atoms with van der Waals surface area (Å²) >= 11 is 0. The third-order valence-electron chi connectivity index (χ3n) is 2.89. The number of methoxy groups -OCH3 is 1. The largest absolute Gasteiger partial charge is 0.466 e. The first-order valence-corrected chi connectivity index (χ1v) is 9.41. The van der Waals surface area contributed by atoms with E-state index in [0.717, 1.165) is 19.3 Å². The first kappa shape index (κ1) is 13.2. The van der Waals surface area contributed by atoms with E-state index in [1.54, 1.807) is 0 Å². The van der Waals surface area contributed by atoms with Gasteiger partial charge >= 0.3 is 5.97 Å². The molecule has 0 aromatic rings. The summed E-state index contributed by atoms with van der Waals surface area (Å²) < 4.78 is 4.75. The molecular weight excluding hydrogens is 216 g/mol. The summed E-state index contributed by atoms with van der Waals surface area (Å²) in [6.07, 6.45) is 3.33. The Hall–Kier alpha value is -0.833. The van der Waals surface area contributed by atoms with E-state index in [1.807, 2.05) is 0 Å². The highest BCUT2D eigenvalue weighted by atomic mass is 28.3. The lowest BCUT2D eigenvalue weighted by molar-refractivity contribution is -0.136. The molecule has 0 bridgehead atoms. The van der Waals surface area contributed by atoms with Crippen LogP contribution in [0.3, 0.4) is 0 Å². The second-order valence-corrected chi connectivity index (χ2v) is 10.6. The van der Waals surface area contributed by atoms with Crippen LogP contribution in [0.25, 0.3) is 0 Å². The number of carbonyl (C=O) groups excluding carboxylic acids is 1. The molecule has 1 aliphatic carbocycles. The lowest BCUT2D eigenvalue weighted by atomic mass is 9.96. The van der Waals surface area contributed by atoms with Crippen molar-refractivity contribution in [3.8, 4) is 0 Å². The fourth-order valence-corrected chi connectivity index (χ4v) is 3.73. The maximum absolute atomic E-state index is 11.5. The van der Waals surface area contributed by atoms with E-state index in [1.165, 1.54) is 12.7 Å². The van der Waals surface area contributed by atoms with Gasteiger partial charge in [-0.1, -0.05) is 37.5 Å². The van der Waals surface area contributed by atoms with Crippen molar-refractivity contribution in [1.82, 2.24) is 0 Å². The van der Waals surface area contributed by atoms with Gasteiger partial charge in [-0.15, -0.1) is 0 Å². The lowest BCUT2D eigenvalue weighted by Crippen LogP contribution is -2.19. The second-order valence-electron chi connectivity index (χ2n) is 5.55. The predicted molar refractivity (Wildman–Crippen MR) is 69.9 cm³/mol. The number of ether oxygens (including phenoxy) is 1. The van der Waals surface area contributed by atoms with Crippen molar-refractivity contribution < 1.29 is 9.53 Å². The Morgan fingerprint density at radius 2 is 2.12 bits per heavy atom. The summed E-state index contributed by atoms with van der Waals surface area (Å²) in [6, 6.07) is 0.